The Morgan fingerprint density at radius 3 is 2.13 bits per heavy atom. The van der Waals surface area contributed by atoms with Gasteiger partial charge < -0.3 is 36.0 Å². The number of aliphatic hydroxyl groups is 1. The summed E-state index contributed by atoms with van der Waals surface area (Å²) in [4.78, 5) is 68.8. The van der Waals surface area contributed by atoms with Gasteiger partial charge in [-0.3, -0.25) is 19.2 Å². The van der Waals surface area contributed by atoms with Crippen molar-refractivity contribution in [1.82, 2.24) is 26.2 Å². The zero-order chi connectivity index (χ0) is 38.1. The lowest BCUT2D eigenvalue weighted by Gasteiger charge is -2.34. The van der Waals surface area contributed by atoms with Crippen LogP contribution in [0, 0.1) is 11.8 Å². The molecule has 1 aromatic rings. The number of ether oxygens (including phenoxy) is 1. The first-order chi connectivity index (χ1) is 24.8. The van der Waals surface area contributed by atoms with Gasteiger partial charge in [-0.15, -0.1) is 13.2 Å². The summed E-state index contributed by atoms with van der Waals surface area (Å²) in [5.74, 6) is -1.67. The monoisotopic (exact) mass is 723 g/mol. The third-order valence-electron chi connectivity index (χ3n) is 9.62. The van der Waals surface area contributed by atoms with Gasteiger partial charge in [-0.2, -0.15) is 0 Å². The Balaban J connectivity index is 1.78. The van der Waals surface area contributed by atoms with Gasteiger partial charge in [0.25, 0.3) is 5.91 Å². The number of hydrogen-bond acceptors (Lipinski definition) is 7. The summed E-state index contributed by atoms with van der Waals surface area (Å²) in [5.41, 5.74) is 0.0685. The van der Waals surface area contributed by atoms with Crippen molar-refractivity contribution in [2.24, 2.45) is 11.8 Å². The van der Waals surface area contributed by atoms with Gasteiger partial charge in [-0.1, -0.05) is 74.6 Å². The molecule has 0 saturated heterocycles. The molecule has 1 aromatic carbocycles. The minimum absolute atomic E-state index is 0.208. The molecule has 2 aliphatic rings. The molecule has 2 fully saturated rings. The van der Waals surface area contributed by atoms with Crippen molar-refractivity contribution in [3.8, 4) is 0 Å². The summed E-state index contributed by atoms with van der Waals surface area (Å²) in [6.45, 7) is 13.0. The SMILES string of the molecule is C=CCCNC(=O)[C@H](Cc1ccccc1)NC(=O)C(O)C(CC1CCC1)NC(=O)CN(CC1CCCC1)C(=O)[C@H](CCC=C)NC(=O)OC(C)(C)C. The van der Waals surface area contributed by atoms with E-state index in [1.807, 2.05) is 30.3 Å². The van der Waals surface area contributed by atoms with Crippen molar-refractivity contribution in [3.05, 3.63) is 61.2 Å². The standard InChI is InChI=1S/C40H61N5O7/c1-6-8-22-31(44-39(51)52-40(3,4)5)38(50)45(26-30-18-13-14-19-30)27-34(46)42-32(24-29-20-15-21-29)35(47)37(49)43-33(36(48)41-23-9-7-2)25-28-16-11-10-12-17-28/h6-7,10-12,16-17,29-33,35,47H,1-2,8-9,13-15,18-27H2,3-5H3,(H,41,48)(H,42,46)(H,43,49)(H,44,51)/t31-,32?,33-,35?/m0/s1. The number of allylic oxidation sites excluding steroid dienone is 1. The number of carbonyl (C=O) groups is 5. The first kappa shape index (κ1) is 42.2. The second kappa shape index (κ2) is 21.4. The van der Waals surface area contributed by atoms with Gasteiger partial charge in [0, 0.05) is 19.5 Å². The maximum absolute atomic E-state index is 14.0. The smallest absolute Gasteiger partial charge is 0.408 e. The molecule has 0 radical (unpaired) electrons. The molecule has 288 valence electrons. The van der Waals surface area contributed by atoms with Crippen molar-refractivity contribution >= 4 is 29.7 Å². The van der Waals surface area contributed by atoms with Crippen LogP contribution in [0.15, 0.2) is 55.6 Å². The molecule has 12 heteroatoms. The molecule has 0 aromatic heterocycles. The van der Waals surface area contributed by atoms with Crippen LogP contribution >= 0.6 is 0 Å². The van der Waals surface area contributed by atoms with Crippen LogP contribution in [0.5, 0.6) is 0 Å². The van der Waals surface area contributed by atoms with Crippen molar-refractivity contribution in [2.45, 2.75) is 128 Å². The number of carbonyl (C=O) groups excluding carboxylic acids is 5. The number of hydrogen-bond donors (Lipinski definition) is 5. The minimum atomic E-state index is -1.64. The highest BCUT2D eigenvalue weighted by Crippen LogP contribution is 2.31. The van der Waals surface area contributed by atoms with Gasteiger partial charge in [-0.25, -0.2) is 4.79 Å². The van der Waals surface area contributed by atoms with Gasteiger partial charge in [0.05, 0.1) is 12.6 Å². The molecule has 3 rings (SSSR count). The van der Waals surface area contributed by atoms with Crippen molar-refractivity contribution in [3.63, 3.8) is 0 Å². The van der Waals surface area contributed by atoms with E-state index < -0.39 is 59.6 Å². The van der Waals surface area contributed by atoms with E-state index in [9.17, 15) is 29.1 Å². The van der Waals surface area contributed by atoms with E-state index in [0.29, 0.717) is 32.4 Å². The zero-order valence-corrected chi connectivity index (χ0v) is 31.4. The molecule has 2 saturated carbocycles. The van der Waals surface area contributed by atoms with Crippen LogP contribution in [0.3, 0.4) is 0 Å². The lowest BCUT2D eigenvalue weighted by Crippen LogP contribution is -2.58. The van der Waals surface area contributed by atoms with Gasteiger partial charge in [0.15, 0.2) is 6.10 Å². The molecule has 2 unspecified atom stereocenters. The van der Waals surface area contributed by atoms with Crippen LogP contribution in [0.2, 0.25) is 0 Å². The fraction of sp³-hybridized carbons (Fsp3) is 0.625. The van der Waals surface area contributed by atoms with E-state index in [1.165, 1.54) is 4.90 Å². The number of aliphatic hydroxyl groups excluding tert-OH is 1. The number of alkyl carbamates (subject to hydrolysis) is 1. The van der Waals surface area contributed by atoms with Crippen molar-refractivity contribution < 1.29 is 33.8 Å². The topological polar surface area (TPSA) is 166 Å². The molecule has 5 N–H and O–H groups in total. The van der Waals surface area contributed by atoms with Crippen LogP contribution in [-0.4, -0.2) is 89.2 Å². The molecule has 12 nitrogen and oxygen atoms in total. The quantitative estimate of drug-likeness (QED) is 0.0931. The Morgan fingerprint density at radius 1 is 0.885 bits per heavy atom. The van der Waals surface area contributed by atoms with Crippen LogP contribution in [0.1, 0.15) is 97.0 Å². The van der Waals surface area contributed by atoms with Crippen LogP contribution < -0.4 is 21.3 Å². The molecule has 0 bridgehead atoms. The molecule has 52 heavy (non-hydrogen) atoms. The van der Waals surface area contributed by atoms with Crippen LogP contribution in [-0.2, 0) is 30.3 Å². The molecule has 0 aliphatic heterocycles. The van der Waals surface area contributed by atoms with Gasteiger partial charge >= 0.3 is 6.09 Å². The fourth-order valence-corrected chi connectivity index (χ4v) is 6.65. The fourth-order valence-electron chi connectivity index (χ4n) is 6.65. The summed E-state index contributed by atoms with van der Waals surface area (Å²) in [6, 6.07) is 6.42. The molecule has 0 spiro atoms. The first-order valence-corrected chi connectivity index (χ1v) is 18.9. The Labute approximate surface area is 309 Å². The molecule has 0 heterocycles. The van der Waals surface area contributed by atoms with Gasteiger partial charge in [-0.05, 0) is 76.7 Å². The number of nitrogens with one attached hydrogen (secondary N) is 4. The summed E-state index contributed by atoms with van der Waals surface area (Å²) in [5, 5.41) is 22.5. The number of amides is 5. The van der Waals surface area contributed by atoms with Gasteiger partial charge in [0.1, 0.15) is 17.7 Å². The van der Waals surface area contributed by atoms with E-state index in [0.717, 1.165) is 50.5 Å². The average Bonchev–Trinajstić information content (AvgIpc) is 3.59. The number of nitrogens with zero attached hydrogens (tertiary/aromatic N) is 1. The lowest BCUT2D eigenvalue weighted by molar-refractivity contribution is -0.140. The summed E-state index contributed by atoms with van der Waals surface area (Å²) < 4.78 is 5.43. The van der Waals surface area contributed by atoms with Crippen molar-refractivity contribution in [1.29, 1.82) is 0 Å². The maximum Gasteiger partial charge on any atom is 0.408 e. The van der Waals surface area contributed by atoms with E-state index in [1.54, 1.807) is 32.9 Å². The molecule has 5 amide bonds. The highest BCUT2D eigenvalue weighted by atomic mass is 16.6. The first-order valence-electron chi connectivity index (χ1n) is 18.9. The van der Waals surface area contributed by atoms with Crippen LogP contribution in [0.25, 0.3) is 0 Å². The molecule has 4 atom stereocenters. The Bertz CT molecular complexity index is 1340. The summed E-state index contributed by atoms with van der Waals surface area (Å²) >= 11 is 0. The van der Waals surface area contributed by atoms with Crippen LogP contribution in [0.4, 0.5) is 4.79 Å². The second-order valence-electron chi connectivity index (χ2n) is 15.2. The third-order valence-corrected chi connectivity index (χ3v) is 9.62. The van der Waals surface area contributed by atoms with E-state index in [2.05, 4.69) is 34.4 Å². The summed E-state index contributed by atoms with van der Waals surface area (Å²) in [6.07, 6.45) is 9.63. The Morgan fingerprint density at radius 2 is 1.54 bits per heavy atom. The van der Waals surface area contributed by atoms with E-state index in [-0.39, 0.29) is 31.2 Å². The third kappa shape index (κ3) is 14.8. The molecular formula is C40H61N5O7. The normalized spacial score (nSPS) is 17.0. The summed E-state index contributed by atoms with van der Waals surface area (Å²) in [7, 11) is 0. The average molecular weight is 724 g/mol. The largest absolute Gasteiger partial charge is 0.444 e. The van der Waals surface area contributed by atoms with E-state index in [4.69, 9.17) is 4.74 Å². The zero-order valence-electron chi connectivity index (χ0n) is 31.4. The highest BCUT2D eigenvalue weighted by molar-refractivity contribution is 5.91. The number of benzene rings is 1. The van der Waals surface area contributed by atoms with Crippen molar-refractivity contribution in [2.75, 3.05) is 19.6 Å². The maximum atomic E-state index is 14.0. The Hall–Kier alpha value is -4.19. The van der Waals surface area contributed by atoms with E-state index >= 15 is 0 Å². The predicted molar refractivity (Wildman–Crippen MR) is 201 cm³/mol. The lowest BCUT2D eigenvalue weighted by atomic mass is 9.79. The predicted octanol–water partition coefficient (Wildman–Crippen LogP) is 4.32. The molecule has 2 aliphatic carbocycles. The number of rotatable bonds is 21. The second-order valence-corrected chi connectivity index (χ2v) is 15.2. The minimum Gasteiger partial charge on any atom is -0.444 e. The highest BCUT2D eigenvalue weighted by Gasteiger charge is 2.36. The molecular weight excluding hydrogens is 662 g/mol. The van der Waals surface area contributed by atoms with Gasteiger partial charge in [0.2, 0.25) is 17.7 Å². The Kier molecular flexibility index (Phi) is 17.3.